The second-order valence-electron chi connectivity index (χ2n) is 4.06. The van der Waals surface area contributed by atoms with Gasteiger partial charge in [-0.3, -0.25) is 10.1 Å². The Balaban J connectivity index is 1.98. The van der Waals surface area contributed by atoms with Gasteiger partial charge in [0.1, 0.15) is 5.52 Å². The highest BCUT2D eigenvalue weighted by molar-refractivity contribution is 8.00. The van der Waals surface area contributed by atoms with Gasteiger partial charge in [-0.15, -0.1) is 0 Å². The zero-order valence-electron chi connectivity index (χ0n) is 11.2. The minimum Gasteiger partial charge on any atom is -0.431 e. The molecule has 2 rings (SSSR count). The molecule has 0 saturated heterocycles. The first-order chi connectivity index (χ1) is 9.60. The van der Waals surface area contributed by atoms with E-state index >= 15 is 0 Å². The average Bonchev–Trinajstić information content (AvgIpc) is 2.80. The molecular formula is C13H15N3O3S. The summed E-state index contributed by atoms with van der Waals surface area (Å²) in [7, 11) is 0. The van der Waals surface area contributed by atoms with Crippen molar-refractivity contribution in [1.29, 1.82) is 0 Å². The van der Waals surface area contributed by atoms with Gasteiger partial charge in [0.15, 0.2) is 5.58 Å². The fourth-order valence-corrected chi connectivity index (χ4v) is 2.28. The summed E-state index contributed by atoms with van der Waals surface area (Å²) in [5, 5.41) is 4.68. The van der Waals surface area contributed by atoms with Crippen LogP contribution in [0.25, 0.3) is 11.1 Å². The van der Waals surface area contributed by atoms with Crippen LogP contribution in [0.4, 0.5) is 4.79 Å². The van der Waals surface area contributed by atoms with E-state index < -0.39 is 11.3 Å². The minimum atomic E-state index is -0.498. The zero-order valence-corrected chi connectivity index (χ0v) is 12.0. The first kappa shape index (κ1) is 14.4. The van der Waals surface area contributed by atoms with E-state index in [-0.39, 0.29) is 5.91 Å². The Morgan fingerprint density at radius 3 is 2.85 bits per heavy atom. The monoisotopic (exact) mass is 293 g/mol. The summed E-state index contributed by atoms with van der Waals surface area (Å²) in [4.78, 5) is 27.3. The molecule has 0 fully saturated rings. The Bertz CT molecular complexity index is 593. The number of nitrogens with zero attached hydrogens (tertiary/aromatic N) is 1. The highest BCUT2D eigenvalue weighted by Crippen LogP contribution is 2.26. The molecule has 6 nitrogen and oxygen atoms in total. The molecule has 0 radical (unpaired) electrons. The smallest absolute Gasteiger partial charge is 0.321 e. The third kappa shape index (κ3) is 3.51. The second kappa shape index (κ2) is 6.42. The lowest BCUT2D eigenvalue weighted by molar-refractivity contribution is -0.119. The summed E-state index contributed by atoms with van der Waals surface area (Å²) in [6.45, 7) is 3.93. The number of oxazole rings is 1. The van der Waals surface area contributed by atoms with Crippen molar-refractivity contribution in [2.75, 3.05) is 6.54 Å². The van der Waals surface area contributed by atoms with Crippen molar-refractivity contribution in [1.82, 2.24) is 15.6 Å². The summed E-state index contributed by atoms with van der Waals surface area (Å²) in [6.07, 6.45) is 0. The molecule has 0 spiro atoms. The van der Waals surface area contributed by atoms with Crippen molar-refractivity contribution in [2.45, 2.75) is 24.3 Å². The maximum absolute atomic E-state index is 11.8. The molecule has 0 bridgehead atoms. The maximum atomic E-state index is 11.8. The number of thioether (sulfide) groups is 1. The summed E-state index contributed by atoms with van der Waals surface area (Å²) < 4.78 is 5.51. The van der Waals surface area contributed by atoms with Crippen LogP contribution in [0.3, 0.4) is 0 Å². The van der Waals surface area contributed by atoms with Gasteiger partial charge in [-0.2, -0.15) is 0 Å². The van der Waals surface area contributed by atoms with Crippen molar-refractivity contribution in [3.05, 3.63) is 24.3 Å². The molecule has 0 saturated carbocycles. The van der Waals surface area contributed by atoms with Crippen LogP contribution in [0.15, 0.2) is 33.9 Å². The molecule has 1 atom stereocenters. The van der Waals surface area contributed by atoms with E-state index in [9.17, 15) is 9.59 Å². The van der Waals surface area contributed by atoms with E-state index in [1.807, 2.05) is 24.3 Å². The number of nitrogens with one attached hydrogen (secondary N) is 2. The molecule has 1 aromatic carbocycles. The molecule has 1 aromatic heterocycles. The summed E-state index contributed by atoms with van der Waals surface area (Å²) in [6, 6.07) is 6.87. The lowest BCUT2D eigenvalue weighted by Gasteiger charge is -2.08. The number of para-hydroxylation sites is 2. The summed E-state index contributed by atoms with van der Waals surface area (Å²) in [5.74, 6) is -0.386. The van der Waals surface area contributed by atoms with Gasteiger partial charge in [-0.05, 0) is 26.0 Å². The molecule has 0 unspecified atom stereocenters. The highest BCUT2D eigenvalue weighted by Gasteiger charge is 2.19. The number of carbonyl (C=O) groups is 2. The Labute approximate surface area is 120 Å². The predicted octanol–water partition coefficient (Wildman–Crippen LogP) is 2.15. The van der Waals surface area contributed by atoms with E-state index in [2.05, 4.69) is 15.6 Å². The van der Waals surface area contributed by atoms with Crippen molar-refractivity contribution in [3.63, 3.8) is 0 Å². The number of carbonyl (C=O) groups excluding carboxylic acids is 2. The molecule has 2 aromatic rings. The quantitative estimate of drug-likeness (QED) is 0.844. The van der Waals surface area contributed by atoms with Gasteiger partial charge in [0, 0.05) is 6.54 Å². The van der Waals surface area contributed by atoms with Crippen molar-refractivity contribution < 1.29 is 14.0 Å². The van der Waals surface area contributed by atoms with E-state index in [0.29, 0.717) is 17.4 Å². The molecule has 20 heavy (non-hydrogen) atoms. The second-order valence-corrected chi connectivity index (χ2v) is 5.35. The molecule has 0 aliphatic rings. The van der Waals surface area contributed by atoms with E-state index in [0.717, 1.165) is 5.52 Å². The Kier molecular flexibility index (Phi) is 4.62. The summed E-state index contributed by atoms with van der Waals surface area (Å²) >= 11 is 1.17. The Hall–Kier alpha value is -2.02. The SMILES string of the molecule is CCNC(=O)NC(=O)[C@@H](C)Sc1nc2ccccc2o1. The van der Waals surface area contributed by atoms with Crippen LogP contribution in [0.2, 0.25) is 0 Å². The lowest BCUT2D eigenvalue weighted by Crippen LogP contribution is -2.42. The molecule has 7 heteroatoms. The molecular weight excluding hydrogens is 278 g/mol. The van der Waals surface area contributed by atoms with E-state index in [1.165, 1.54) is 11.8 Å². The largest absolute Gasteiger partial charge is 0.431 e. The van der Waals surface area contributed by atoms with Crippen LogP contribution in [-0.4, -0.2) is 28.7 Å². The third-order valence-electron chi connectivity index (χ3n) is 2.50. The lowest BCUT2D eigenvalue weighted by atomic mass is 10.3. The fourth-order valence-electron chi connectivity index (χ4n) is 1.52. The van der Waals surface area contributed by atoms with Gasteiger partial charge in [-0.25, -0.2) is 9.78 Å². The van der Waals surface area contributed by atoms with Gasteiger partial charge >= 0.3 is 6.03 Å². The minimum absolute atomic E-state index is 0.386. The number of rotatable bonds is 4. The van der Waals surface area contributed by atoms with Gasteiger partial charge in [0.25, 0.3) is 5.22 Å². The van der Waals surface area contributed by atoms with Gasteiger partial charge < -0.3 is 9.73 Å². The topological polar surface area (TPSA) is 84.2 Å². The van der Waals surface area contributed by atoms with Crippen LogP contribution in [0, 0.1) is 0 Å². The first-order valence-corrected chi connectivity index (χ1v) is 7.09. The molecule has 1 heterocycles. The normalized spacial score (nSPS) is 12.1. The summed E-state index contributed by atoms with van der Waals surface area (Å²) in [5.41, 5.74) is 1.41. The van der Waals surface area contributed by atoms with Crippen LogP contribution in [-0.2, 0) is 4.79 Å². The van der Waals surface area contributed by atoms with Crippen molar-refractivity contribution in [3.8, 4) is 0 Å². The third-order valence-corrected chi connectivity index (χ3v) is 3.44. The van der Waals surface area contributed by atoms with Gasteiger partial charge in [0.05, 0.1) is 5.25 Å². The highest BCUT2D eigenvalue weighted by atomic mass is 32.2. The van der Waals surface area contributed by atoms with Gasteiger partial charge in [-0.1, -0.05) is 23.9 Å². The number of benzene rings is 1. The predicted molar refractivity (Wildman–Crippen MR) is 76.5 cm³/mol. The van der Waals surface area contributed by atoms with Crippen LogP contribution in [0.1, 0.15) is 13.8 Å². The molecule has 3 amide bonds. The van der Waals surface area contributed by atoms with E-state index in [1.54, 1.807) is 13.8 Å². The first-order valence-electron chi connectivity index (χ1n) is 6.21. The standard InChI is InChI=1S/C13H15N3O3S/c1-3-14-12(18)16-11(17)8(2)20-13-15-9-6-4-5-7-10(9)19-13/h4-8H,3H2,1-2H3,(H2,14,16,17,18)/t8-/m1/s1. The number of hydrogen-bond acceptors (Lipinski definition) is 5. The number of fused-ring (bicyclic) bond motifs is 1. The van der Waals surface area contributed by atoms with Gasteiger partial charge in [0.2, 0.25) is 5.91 Å². The van der Waals surface area contributed by atoms with E-state index in [4.69, 9.17) is 4.42 Å². The van der Waals surface area contributed by atoms with Crippen molar-refractivity contribution >= 4 is 34.8 Å². The number of aromatic nitrogens is 1. The fraction of sp³-hybridized carbons (Fsp3) is 0.308. The number of imide groups is 1. The molecule has 0 aliphatic heterocycles. The number of amides is 3. The maximum Gasteiger partial charge on any atom is 0.321 e. The zero-order chi connectivity index (χ0) is 14.5. The van der Waals surface area contributed by atoms with Crippen LogP contribution < -0.4 is 10.6 Å². The Morgan fingerprint density at radius 1 is 1.40 bits per heavy atom. The average molecular weight is 293 g/mol. The van der Waals surface area contributed by atoms with Crippen molar-refractivity contribution in [2.24, 2.45) is 0 Å². The van der Waals surface area contributed by atoms with Crippen LogP contribution in [0.5, 0.6) is 0 Å². The number of urea groups is 1. The Morgan fingerprint density at radius 2 is 2.15 bits per heavy atom. The molecule has 106 valence electrons. The number of hydrogen-bond donors (Lipinski definition) is 2. The molecule has 0 aliphatic carbocycles. The van der Waals surface area contributed by atoms with Crippen LogP contribution >= 0.6 is 11.8 Å². The molecule has 2 N–H and O–H groups in total.